The molecule has 5 nitrogen and oxygen atoms in total. The summed E-state index contributed by atoms with van der Waals surface area (Å²) in [6.07, 6.45) is 0. The zero-order valence-electron chi connectivity index (χ0n) is 29.5. The van der Waals surface area contributed by atoms with Gasteiger partial charge in [-0.2, -0.15) is 5.26 Å². The highest BCUT2D eigenvalue weighted by Gasteiger charge is 2.17. The van der Waals surface area contributed by atoms with Crippen LogP contribution in [0.15, 0.2) is 186 Å². The van der Waals surface area contributed by atoms with Crippen LogP contribution in [0, 0.1) is 11.3 Å². The molecule has 0 aliphatic carbocycles. The van der Waals surface area contributed by atoms with E-state index in [0.29, 0.717) is 23.0 Å². The minimum atomic E-state index is 0.543. The van der Waals surface area contributed by atoms with Crippen LogP contribution in [-0.2, 0) is 0 Å². The molecule has 55 heavy (non-hydrogen) atoms. The van der Waals surface area contributed by atoms with Gasteiger partial charge in [0, 0.05) is 33.0 Å². The van der Waals surface area contributed by atoms with Crippen LogP contribution in [0.3, 0.4) is 0 Å². The molecule has 0 aliphatic heterocycles. The van der Waals surface area contributed by atoms with Gasteiger partial charge in [-0.25, -0.2) is 15.0 Å². The summed E-state index contributed by atoms with van der Waals surface area (Å²) in [5.41, 5.74) is 11.1. The molecule has 0 saturated carbocycles. The molecule has 0 saturated heterocycles. The average molecular weight is 703 g/mol. The van der Waals surface area contributed by atoms with Crippen molar-refractivity contribution in [3.05, 3.63) is 188 Å². The van der Waals surface area contributed by atoms with Crippen molar-refractivity contribution in [2.75, 3.05) is 0 Å². The predicted molar refractivity (Wildman–Crippen MR) is 222 cm³/mol. The second kappa shape index (κ2) is 13.4. The van der Waals surface area contributed by atoms with Crippen LogP contribution in [0.5, 0.6) is 0 Å². The lowest BCUT2D eigenvalue weighted by molar-refractivity contribution is 0.669. The van der Waals surface area contributed by atoms with E-state index >= 15 is 0 Å². The van der Waals surface area contributed by atoms with Crippen molar-refractivity contribution in [3.63, 3.8) is 0 Å². The van der Waals surface area contributed by atoms with Crippen molar-refractivity contribution in [2.45, 2.75) is 0 Å². The molecule has 256 valence electrons. The number of nitriles is 1. The predicted octanol–water partition coefficient (Wildman–Crippen LogP) is 12.8. The molecule has 2 aromatic heterocycles. The summed E-state index contributed by atoms with van der Waals surface area (Å²) >= 11 is 0. The number of furan rings is 1. The van der Waals surface area contributed by atoms with E-state index < -0.39 is 0 Å². The summed E-state index contributed by atoms with van der Waals surface area (Å²) in [5.74, 6) is 1.66. The first-order valence-electron chi connectivity index (χ1n) is 18.2. The number of hydrogen-bond acceptors (Lipinski definition) is 5. The first-order chi connectivity index (χ1) is 27.2. The highest BCUT2D eigenvalue weighted by atomic mass is 16.3. The molecule has 0 unspecified atom stereocenters. The van der Waals surface area contributed by atoms with Gasteiger partial charge in [-0.3, -0.25) is 0 Å². The van der Waals surface area contributed by atoms with Gasteiger partial charge in [0.05, 0.1) is 11.6 Å². The number of nitrogens with zero attached hydrogens (tertiary/aromatic N) is 4. The zero-order chi connectivity index (χ0) is 36.7. The third kappa shape index (κ3) is 5.89. The fraction of sp³-hybridized carbons (Fsp3) is 0. The quantitative estimate of drug-likeness (QED) is 0.172. The van der Waals surface area contributed by atoms with E-state index in [-0.39, 0.29) is 0 Å². The summed E-state index contributed by atoms with van der Waals surface area (Å²) in [5, 5.41) is 14.3. The second-order valence-electron chi connectivity index (χ2n) is 13.5. The van der Waals surface area contributed by atoms with Gasteiger partial charge in [-0.1, -0.05) is 146 Å². The standard InChI is InChI=1S/C50H30N4O/c51-31-41-28-37-15-7-8-16-38(37)29-44(41)34-21-23-35(24-22-34)48-52-49(39-18-9-17-36(27-39)32-11-3-1-4-12-32)54-50(53-48)40-25-26-43-46(30-40)55-45-20-10-19-42(47(43)45)33-13-5-2-6-14-33/h1-30H. The van der Waals surface area contributed by atoms with E-state index in [1.54, 1.807) is 0 Å². The van der Waals surface area contributed by atoms with Crippen LogP contribution in [0.2, 0.25) is 0 Å². The molecule has 0 fully saturated rings. The summed E-state index contributed by atoms with van der Waals surface area (Å²) < 4.78 is 6.48. The molecule has 0 amide bonds. The molecular formula is C50H30N4O. The van der Waals surface area contributed by atoms with Crippen molar-refractivity contribution in [2.24, 2.45) is 0 Å². The maximum atomic E-state index is 10.0. The van der Waals surface area contributed by atoms with E-state index in [9.17, 15) is 5.26 Å². The number of rotatable bonds is 6. The molecule has 5 heteroatoms. The van der Waals surface area contributed by atoms with Gasteiger partial charge in [-0.05, 0) is 75.0 Å². The normalized spacial score (nSPS) is 11.3. The van der Waals surface area contributed by atoms with E-state index in [1.807, 2.05) is 103 Å². The van der Waals surface area contributed by atoms with Crippen molar-refractivity contribution in [1.82, 2.24) is 15.0 Å². The second-order valence-corrected chi connectivity index (χ2v) is 13.5. The Balaban J connectivity index is 1.10. The molecule has 0 radical (unpaired) electrons. The molecular weight excluding hydrogens is 673 g/mol. The Morgan fingerprint density at radius 3 is 1.65 bits per heavy atom. The van der Waals surface area contributed by atoms with Gasteiger partial charge >= 0.3 is 0 Å². The molecule has 2 heterocycles. The van der Waals surface area contributed by atoms with Crippen LogP contribution in [-0.4, -0.2) is 15.0 Å². The third-order valence-electron chi connectivity index (χ3n) is 10.2. The summed E-state index contributed by atoms with van der Waals surface area (Å²) in [6, 6.07) is 64.0. The molecule has 10 aromatic rings. The van der Waals surface area contributed by atoms with Gasteiger partial charge in [0.1, 0.15) is 11.2 Å². The minimum Gasteiger partial charge on any atom is -0.456 e. The summed E-state index contributed by atoms with van der Waals surface area (Å²) in [7, 11) is 0. The van der Waals surface area contributed by atoms with E-state index in [4.69, 9.17) is 19.4 Å². The SMILES string of the molecule is N#Cc1cc2ccccc2cc1-c1ccc(-c2nc(-c3cccc(-c4ccccc4)c3)nc(-c3ccc4c(c3)oc3cccc(-c5ccccc5)c34)n2)cc1. The van der Waals surface area contributed by atoms with Gasteiger partial charge in [-0.15, -0.1) is 0 Å². The van der Waals surface area contributed by atoms with Crippen molar-refractivity contribution < 1.29 is 4.42 Å². The lowest BCUT2D eigenvalue weighted by Gasteiger charge is -2.11. The molecule has 8 aromatic carbocycles. The van der Waals surface area contributed by atoms with Gasteiger partial charge < -0.3 is 4.42 Å². The fourth-order valence-electron chi connectivity index (χ4n) is 7.43. The molecule has 0 atom stereocenters. The summed E-state index contributed by atoms with van der Waals surface area (Å²) in [4.78, 5) is 15.2. The number of hydrogen-bond donors (Lipinski definition) is 0. The van der Waals surface area contributed by atoms with Crippen LogP contribution in [0.1, 0.15) is 5.56 Å². The van der Waals surface area contributed by atoms with Crippen LogP contribution >= 0.6 is 0 Å². The van der Waals surface area contributed by atoms with Gasteiger partial charge in [0.2, 0.25) is 0 Å². The lowest BCUT2D eigenvalue weighted by Crippen LogP contribution is -2.00. The molecule has 0 bridgehead atoms. The Labute approximate surface area is 317 Å². The van der Waals surface area contributed by atoms with Crippen LogP contribution < -0.4 is 0 Å². The Bertz CT molecular complexity index is 3090. The first-order valence-corrected chi connectivity index (χ1v) is 18.2. The number of benzene rings is 8. The number of aromatic nitrogens is 3. The topological polar surface area (TPSA) is 75.6 Å². The number of fused-ring (bicyclic) bond motifs is 4. The lowest BCUT2D eigenvalue weighted by atomic mass is 9.95. The Morgan fingerprint density at radius 1 is 0.382 bits per heavy atom. The largest absolute Gasteiger partial charge is 0.456 e. The van der Waals surface area contributed by atoms with Crippen LogP contribution in [0.25, 0.3) is 100 Å². The third-order valence-corrected chi connectivity index (χ3v) is 10.2. The maximum absolute atomic E-state index is 10.0. The van der Waals surface area contributed by atoms with E-state index in [2.05, 4.69) is 84.9 Å². The molecule has 10 rings (SSSR count). The fourth-order valence-corrected chi connectivity index (χ4v) is 7.43. The Morgan fingerprint density at radius 2 is 0.927 bits per heavy atom. The Hall–Kier alpha value is -7.68. The highest BCUT2D eigenvalue weighted by molar-refractivity contribution is 6.13. The highest BCUT2D eigenvalue weighted by Crippen LogP contribution is 2.38. The monoisotopic (exact) mass is 702 g/mol. The minimum absolute atomic E-state index is 0.543. The van der Waals surface area contributed by atoms with E-state index in [1.165, 1.54) is 0 Å². The Kier molecular flexibility index (Phi) is 7.79. The maximum Gasteiger partial charge on any atom is 0.164 e. The molecule has 0 aliphatic rings. The van der Waals surface area contributed by atoms with Crippen molar-refractivity contribution in [3.8, 4) is 73.6 Å². The zero-order valence-corrected chi connectivity index (χ0v) is 29.5. The average Bonchev–Trinajstić information content (AvgIpc) is 3.65. The van der Waals surface area contributed by atoms with Gasteiger partial charge in [0.15, 0.2) is 17.5 Å². The van der Waals surface area contributed by atoms with Crippen LogP contribution in [0.4, 0.5) is 0 Å². The van der Waals surface area contributed by atoms with E-state index in [0.717, 1.165) is 82.8 Å². The smallest absolute Gasteiger partial charge is 0.164 e. The molecule has 0 spiro atoms. The summed E-state index contributed by atoms with van der Waals surface area (Å²) in [6.45, 7) is 0. The first kappa shape index (κ1) is 32.0. The van der Waals surface area contributed by atoms with Gasteiger partial charge in [0.25, 0.3) is 0 Å². The molecule has 0 N–H and O–H groups in total. The van der Waals surface area contributed by atoms with Crippen molar-refractivity contribution in [1.29, 1.82) is 5.26 Å². The van der Waals surface area contributed by atoms with Crippen molar-refractivity contribution >= 4 is 32.7 Å².